The fourth-order valence-corrected chi connectivity index (χ4v) is 2.68. The van der Waals surface area contributed by atoms with Gasteiger partial charge in [0.15, 0.2) is 0 Å². The van der Waals surface area contributed by atoms with Crippen molar-refractivity contribution in [1.29, 1.82) is 0 Å². The molecule has 0 unspecified atom stereocenters. The predicted molar refractivity (Wildman–Crippen MR) is 88.3 cm³/mol. The topological polar surface area (TPSA) is 84.7 Å². The lowest BCUT2D eigenvalue weighted by atomic mass is 10.0. The van der Waals surface area contributed by atoms with Crippen LogP contribution in [0.15, 0.2) is 24.3 Å². The number of likely N-dealkylation sites (tertiary alicyclic amines) is 1. The third kappa shape index (κ3) is 5.56. The third-order valence-electron chi connectivity index (χ3n) is 3.79. The number of rotatable bonds is 6. The number of primary amides is 1. The minimum absolute atomic E-state index is 0.0746. The highest BCUT2D eigenvalue weighted by Crippen LogP contribution is 2.15. The van der Waals surface area contributed by atoms with Gasteiger partial charge in [-0.25, -0.2) is 0 Å². The van der Waals surface area contributed by atoms with Gasteiger partial charge in [0.2, 0.25) is 5.91 Å². The molecule has 1 aromatic carbocycles. The highest BCUT2D eigenvalue weighted by atomic mass is 16.5. The van der Waals surface area contributed by atoms with Crippen molar-refractivity contribution in [2.45, 2.75) is 38.8 Å². The molecule has 1 heterocycles. The highest BCUT2D eigenvalue weighted by Gasteiger charge is 2.21. The molecule has 1 aliphatic rings. The normalized spacial score (nSPS) is 16.3. The number of nitrogens with zero attached hydrogens (tertiary/aromatic N) is 1. The van der Waals surface area contributed by atoms with Crippen LogP contribution in [0.5, 0.6) is 5.75 Å². The molecule has 1 aromatic rings. The van der Waals surface area contributed by atoms with Crippen LogP contribution in [-0.2, 0) is 4.79 Å². The van der Waals surface area contributed by atoms with Crippen molar-refractivity contribution in [3.63, 3.8) is 0 Å². The smallest absolute Gasteiger partial charge is 0.251 e. The van der Waals surface area contributed by atoms with Crippen molar-refractivity contribution in [3.05, 3.63) is 29.8 Å². The molecule has 0 aromatic heterocycles. The van der Waals surface area contributed by atoms with Crippen LogP contribution in [0.4, 0.5) is 0 Å². The SMILES string of the molecule is CC(C)Oc1ccc(C(=O)NC2CCN(CC(N)=O)CC2)cc1. The summed E-state index contributed by atoms with van der Waals surface area (Å²) >= 11 is 0. The van der Waals surface area contributed by atoms with Gasteiger partial charge >= 0.3 is 0 Å². The molecule has 0 aliphatic carbocycles. The van der Waals surface area contributed by atoms with Crippen LogP contribution >= 0.6 is 0 Å². The number of hydrogen-bond donors (Lipinski definition) is 2. The number of carbonyl (C=O) groups excluding carboxylic acids is 2. The Morgan fingerprint density at radius 1 is 1.26 bits per heavy atom. The van der Waals surface area contributed by atoms with Crippen LogP contribution in [-0.4, -0.2) is 48.5 Å². The Hall–Kier alpha value is -2.08. The number of hydrogen-bond acceptors (Lipinski definition) is 4. The van der Waals surface area contributed by atoms with Gasteiger partial charge in [-0.05, 0) is 51.0 Å². The second-order valence-electron chi connectivity index (χ2n) is 6.18. The maximum absolute atomic E-state index is 12.3. The summed E-state index contributed by atoms with van der Waals surface area (Å²) in [5, 5.41) is 3.05. The molecule has 126 valence electrons. The van der Waals surface area contributed by atoms with Crippen LogP contribution in [0.3, 0.4) is 0 Å². The predicted octanol–water partition coefficient (Wildman–Crippen LogP) is 1.15. The lowest BCUT2D eigenvalue weighted by molar-refractivity contribution is -0.119. The quantitative estimate of drug-likeness (QED) is 0.824. The number of piperidine rings is 1. The zero-order chi connectivity index (χ0) is 16.8. The molecule has 0 atom stereocenters. The van der Waals surface area contributed by atoms with Crippen molar-refractivity contribution in [3.8, 4) is 5.75 Å². The number of carbonyl (C=O) groups is 2. The van der Waals surface area contributed by atoms with Crippen molar-refractivity contribution in [1.82, 2.24) is 10.2 Å². The summed E-state index contributed by atoms with van der Waals surface area (Å²) in [6.07, 6.45) is 1.77. The lowest BCUT2D eigenvalue weighted by Crippen LogP contribution is -2.46. The Morgan fingerprint density at radius 3 is 2.39 bits per heavy atom. The van der Waals surface area contributed by atoms with E-state index in [1.807, 2.05) is 30.9 Å². The number of nitrogens with two attached hydrogens (primary N) is 1. The summed E-state index contributed by atoms with van der Waals surface area (Å²) < 4.78 is 5.57. The Morgan fingerprint density at radius 2 is 1.87 bits per heavy atom. The Bertz CT molecular complexity index is 535. The van der Waals surface area contributed by atoms with Crippen molar-refractivity contribution in [2.75, 3.05) is 19.6 Å². The molecule has 6 nitrogen and oxygen atoms in total. The fraction of sp³-hybridized carbons (Fsp3) is 0.529. The molecule has 0 radical (unpaired) electrons. The molecular weight excluding hydrogens is 294 g/mol. The van der Waals surface area contributed by atoms with Gasteiger partial charge in [-0.3, -0.25) is 14.5 Å². The molecule has 23 heavy (non-hydrogen) atoms. The molecule has 0 spiro atoms. The van der Waals surface area contributed by atoms with E-state index in [9.17, 15) is 9.59 Å². The Labute approximate surface area is 137 Å². The molecule has 1 saturated heterocycles. The van der Waals surface area contributed by atoms with Gasteiger partial charge in [0, 0.05) is 24.7 Å². The summed E-state index contributed by atoms with van der Waals surface area (Å²) in [7, 11) is 0. The summed E-state index contributed by atoms with van der Waals surface area (Å²) in [6, 6.07) is 7.30. The van der Waals surface area contributed by atoms with Gasteiger partial charge in [0.05, 0.1) is 12.6 Å². The van der Waals surface area contributed by atoms with Crippen LogP contribution in [0, 0.1) is 0 Å². The molecule has 6 heteroatoms. The first-order chi connectivity index (χ1) is 10.9. The van der Waals surface area contributed by atoms with E-state index in [0.29, 0.717) is 5.56 Å². The van der Waals surface area contributed by atoms with Gasteiger partial charge < -0.3 is 15.8 Å². The summed E-state index contributed by atoms with van der Waals surface area (Å²) in [6.45, 7) is 5.76. The van der Waals surface area contributed by atoms with E-state index in [1.54, 1.807) is 12.1 Å². The maximum atomic E-state index is 12.3. The van der Waals surface area contributed by atoms with Crippen molar-refractivity contribution >= 4 is 11.8 Å². The van der Waals surface area contributed by atoms with Gasteiger partial charge in [-0.2, -0.15) is 0 Å². The molecule has 0 saturated carbocycles. The van der Waals surface area contributed by atoms with Gasteiger partial charge in [-0.15, -0.1) is 0 Å². The summed E-state index contributed by atoms with van der Waals surface area (Å²) in [5.41, 5.74) is 5.82. The average molecular weight is 319 g/mol. The molecule has 2 amide bonds. The maximum Gasteiger partial charge on any atom is 0.251 e. The van der Waals surface area contributed by atoms with Gasteiger partial charge in [0.1, 0.15) is 5.75 Å². The Balaban J connectivity index is 1.82. The Kier molecular flexibility index (Phi) is 5.98. The van der Waals surface area contributed by atoms with Crippen LogP contribution in [0.2, 0.25) is 0 Å². The number of nitrogens with one attached hydrogen (secondary N) is 1. The van der Waals surface area contributed by atoms with Crippen LogP contribution < -0.4 is 15.8 Å². The minimum atomic E-state index is -0.309. The second-order valence-corrected chi connectivity index (χ2v) is 6.18. The monoisotopic (exact) mass is 319 g/mol. The van der Waals surface area contributed by atoms with E-state index in [1.165, 1.54) is 0 Å². The summed E-state index contributed by atoms with van der Waals surface area (Å²) in [4.78, 5) is 25.2. The standard InChI is InChI=1S/C17H25N3O3/c1-12(2)23-15-5-3-13(4-6-15)17(22)19-14-7-9-20(10-8-14)11-16(18)21/h3-6,12,14H,7-11H2,1-2H3,(H2,18,21)(H,19,22). The molecule has 1 aliphatic heterocycles. The van der Waals surface area contributed by atoms with Crippen LogP contribution in [0.1, 0.15) is 37.0 Å². The van der Waals surface area contributed by atoms with Crippen LogP contribution in [0.25, 0.3) is 0 Å². The van der Waals surface area contributed by atoms with Gasteiger partial charge in [0.25, 0.3) is 5.91 Å². The summed E-state index contributed by atoms with van der Waals surface area (Å²) in [5.74, 6) is 0.377. The molecular formula is C17H25N3O3. The van der Waals surface area contributed by atoms with Gasteiger partial charge in [-0.1, -0.05) is 0 Å². The molecule has 2 rings (SSSR count). The van der Waals surface area contributed by atoms with E-state index in [0.717, 1.165) is 31.7 Å². The van der Waals surface area contributed by atoms with Crippen molar-refractivity contribution < 1.29 is 14.3 Å². The van der Waals surface area contributed by atoms with E-state index in [4.69, 9.17) is 10.5 Å². The molecule has 3 N–H and O–H groups in total. The molecule has 1 fully saturated rings. The first kappa shape index (κ1) is 17.3. The lowest BCUT2D eigenvalue weighted by Gasteiger charge is -2.31. The zero-order valence-electron chi connectivity index (χ0n) is 13.7. The highest BCUT2D eigenvalue weighted by molar-refractivity contribution is 5.94. The number of amides is 2. The first-order valence-electron chi connectivity index (χ1n) is 8.02. The number of benzene rings is 1. The molecule has 0 bridgehead atoms. The first-order valence-corrected chi connectivity index (χ1v) is 8.02. The van der Waals surface area contributed by atoms with E-state index < -0.39 is 0 Å². The largest absolute Gasteiger partial charge is 0.491 e. The zero-order valence-corrected chi connectivity index (χ0v) is 13.7. The minimum Gasteiger partial charge on any atom is -0.491 e. The average Bonchev–Trinajstić information content (AvgIpc) is 2.49. The second kappa shape index (κ2) is 7.97. The van der Waals surface area contributed by atoms with E-state index in [2.05, 4.69) is 5.32 Å². The van der Waals surface area contributed by atoms with E-state index >= 15 is 0 Å². The van der Waals surface area contributed by atoms with E-state index in [-0.39, 0.29) is 30.5 Å². The van der Waals surface area contributed by atoms with Crippen molar-refractivity contribution in [2.24, 2.45) is 5.73 Å². The number of ether oxygens (including phenoxy) is 1. The fourth-order valence-electron chi connectivity index (χ4n) is 2.68. The third-order valence-corrected chi connectivity index (χ3v) is 3.79.